The summed E-state index contributed by atoms with van der Waals surface area (Å²) in [6.45, 7) is -0.231. The maximum Gasteiger partial charge on any atom is 0.305 e. The predicted octanol–water partition coefficient (Wildman–Crippen LogP) is 3.70. The Hall–Kier alpha value is -2.24. The van der Waals surface area contributed by atoms with E-state index in [-0.39, 0.29) is 13.0 Å². The highest BCUT2D eigenvalue weighted by molar-refractivity contribution is 6.30. The van der Waals surface area contributed by atoms with Gasteiger partial charge in [-0.3, -0.25) is 9.59 Å². The Morgan fingerprint density at radius 2 is 1.54 bits per heavy atom. The highest BCUT2D eigenvalue weighted by Gasteiger charge is 2.18. The van der Waals surface area contributed by atoms with Gasteiger partial charge in [0.05, 0.1) is 12.5 Å². The summed E-state index contributed by atoms with van der Waals surface area (Å²) in [6, 6.07) is 12.6. The molecule has 1 amide bonds. The Morgan fingerprint density at radius 3 is 2.08 bits per heavy atom. The molecule has 1 atom stereocenters. The molecule has 0 aliphatic heterocycles. The molecule has 5 nitrogen and oxygen atoms in total. The molecule has 0 radical (unpaired) electrons. The van der Waals surface area contributed by atoms with E-state index in [2.05, 4.69) is 5.32 Å². The molecule has 2 rings (SSSR count). The molecule has 0 fully saturated rings. The molecule has 2 N–H and O–H groups in total. The van der Waals surface area contributed by atoms with Crippen molar-refractivity contribution in [1.82, 2.24) is 5.32 Å². The van der Waals surface area contributed by atoms with E-state index in [1.165, 1.54) is 0 Å². The summed E-state index contributed by atoms with van der Waals surface area (Å²) >= 11 is 11.6. The van der Waals surface area contributed by atoms with Gasteiger partial charge >= 0.3 is 5.97 Å². The number of carboxylic acids is 1. The summed E-state index contributed by atoms with van der Waals surface area (Å²) in [5, 5.41) is 12.8. The lowest BCUT2D eigenvalue weighted by molar-refractivity contribution is -0.137. The number of ether oxygens (including phenoxy) is 1. The average Bonchev–Trinajstić information content (AvgIpc) is 2.54. The third-order valence-corrected chi connectivity index (χ3v) is 3.67. The van der Waals surface area contributed by atoms with Crippen molar-refractivity contribution in [2.24, 2.45) is 0 Å². The molecule has 0 saturated carbocycles. The first kappa shape index (κ1) is 18.1. The number of hydrogen-bond donors (Lipinski definition) is 2. The molecule has 0 saturated heterocycles. The van der Waals surface area contributed by atoms with Gasteiger partial charge in [0, 0.05) is 10.0 Å². The van der Waals surface area contributed by atoms with Crippen LogP contribution in [0.15, 0.2) is 48.5 Å². The van der Waals surface area contributed by atoms with E-state index in [4.69, 9.17) is 33.0 Å². The molecule has 126 valence electrons. The zero-order chi connectivity index (χ0) is 17.5. The van der Waals surface area contributed by atoms with Gasteiger partial charge in [0.1, 0.15) is 5.75 Å². The first-order chi connectivity index (χ1) is 11.4. The van der Waals surface area contributed by atoms with Gasteiger partial charge in [0.2, 0.25) is 0 Å². The molecule has 7 heteroatoms. The Labute approximate surface area is 149 Å². The average molecular weight is 368 g/mol. The number of hydrogen-bond acceptors (Lipinski definition) is 3. The van der Waals surface area contributed by atoms with Crippen LogP contribution in [-0.2, 0) is 9.59 Å². The van der Waals surface area contributed by atoms with Gasteiger partial charge in [-0.2, -0.15) is 0 Å². The summed E-state index contributed by atoms with van der Waals surface area (Å²) in [5.74, 6) is -0.948. The van der Waals surface area contributed by atoms with E-state index in [0.29, 0.717) is 21.4 Å². The number of halogens is 2. The van der Waals surface area contributed by atoms with Gasteiger partial charge < -0.3 is 15.2 Å². The quantitative estimate of drug-likeness (QED) is 0.781. The Kier molecular flexibility index (Phi) is 6.46. The maximum absolute atomic E-state index is 12.0. The number of carbonyl (C=O) groups is 2. The fraction of sp³-hybridized carbons (Fsp3) is 0.176. The van der Waals surface area contributed by atoms with Crippen molar-refractivity contribution in [3.8, 4) is 5.75 Å². The third-order valence-electron chi connectivity index (χ3n) is 3.17. The van der Waals surface area contributed by atoms with Crippen LogP contribution in [0.2, 0.25) is 10.0 Å². The summed E-state index contributed by atoms with van der Waals surface area (Å²) < 4.78 is 5.34. The van der Waals surface area contributed by atoms with E-state index in [0.717, 1.165) is 0 Å². The minimum absolute atomic E-state index is 0.231. The standard InChI is InChI=1S/C17H15Cl2NO4/c18-12-3-1-11(2-4-12)15(9-17(22)23)20-16(21)10-24-14-7-5-13(19)6-8-14/h1-8,15H,9-10H2,(H,20,21)(H,22,23). The molecule has 0 heterocycles. The largest absolute Gasteiger partial charge is 0.484 e. The zero-order valence-electron chi connectivity index (χ0n) is 12.5. The molecule has 24 heavy (non-hydrogen) atoms. The first-order valence-corrected chi connectivity index (χ1v) is 7.84. The van der Waals surface area contributed by atoms with Crippen molar-refractivity contribution < 1.29 is 19.4 Å². The molecule has 0 spiro atoms. The SMILES string of the molecule is O=C(O)CC(NC(=O)COc1ccc(Cl)cc1)c1ccc(Cl)cc1. The van der Waals surface area contributed by atoms with Gasteiger partial charge in [-0.1, -0.05) is 35.3 Å². The number of carboxylic acid groups (broad SMARTS) is 1. The molecule has 1 unspecified atom stereocenters. The second kappa shape index (κ2) is 8.57. The van der Waals surface area contributed by atoms with Crippen molar-refractivity contribution in [2.45, 2.75) is 12.5 Å². The number of aliphatic carboxylic acids is 1. The van der Waals surface area contributed by atoms with Crippen molar-refractivity contribution in [3.63, 3.8) is 0 Å². The number of nitrogens with one attached hydrogen (secondary N) is 1. The molecule has 0 aromatic heterocycles. The van der Waals surface area contributed by atoms with Crippen LogP contribution in [0.1, 0.15) is 18.0 Å². The van der Waals surface area contributed by atoms with Crippen LogP contribution in [0.3, 0.4) is 0 Å². The van der Waals surface area contributed by atoms with E-state index >= 15 is 0 Å². The lowest BCUT2D eigenvalue weighted by Gasteiger charge is -2.18. The van der Waals surface area contributed by atoms with Crippen molar-refractivity contribution >= 4 is 35.1 Å². The van der Waals surface area contributed by atoms with Crippen LogP contribution < -0.4 is 10.1 Å². The topological polar surface area (TPSA) is 75.6 Å². The van der Waals surface area contributed by atoms with Gasteiger partial charge in [0.15, 0.2) is 6.61 Å². The molecule has 2 aromatic rings. The number of carbonyl (C=O) groups excluding carboxylic acids is 1. The number of rotatable bonds is 7. The van der Waals surface area contributed by atoms with E-state index in [1.54, 1.807) is 48.5 Å². The zero-order valence-corrected chi connectivity index (χ0v) is 14.1. The van der Waals surface area contributed by atoms with E-state index < -0.39 is 17.9 Å². The minimum atomic E-state index is -1.02. The monoisotopic (exact) mass is 367 g/mol. The molecule has 0 aliphatic carbocycles. The van der Waals surface area contributed by atoms with Crippen molar-refractivity contribution in [2.75, 3.05) is 6.61 Å². The van der Waals surface area contributed by atoms with Crippen molar-refractivity contribution in [3.05, 3.63) is 64.1 Å². The Morgan fingerprint density at radius 1 is 1.00 bits per heavy atom. The van der Waals surface area contributed by atoms with Crippen LogP contribution in [0.25, 0.3) is 0 Å². The lowest BCUT2D eigenvalue weighted by Crippen LogP contribution is -2.33. The van der Waals surface area contributed by atoms with Crippen molar-refractivity contribution in [1.29, 1.82) is 0 Å². The normalized spacial score (nSPS) is 11.6. The van der Waals surface area contributed by atoms with Crippen LogP contribution in [0.5, 0.6) is 5.75 Å². The first-order valence-electron chi connectivity index (χ1n) is 7.09. The number of benzene rings is 2. The highest BCUT2D eigenvalue weighted by atomic mass is 35.5. The maximum atomic E-state index is 12.0. The van der Waals surface area contributed by atoms with Gasteiger partial charge in [-0.15, -0.1) is 0 Å². The molecule has 2 aromatic carbocycles. The molecule has 0 aliphatic rings. The molecule has 0 bridgehead atoms. The second-order valence-electron chi connectivity index (χ2n) is 5.01. The fourth-order valence-corrected chi connectivity index (χ4v) is 2.29. The van der Waals surface area contributed by atoms with E-state index in [1.807, 2.05) is 0 Å². The number of amides is 1. The van der Waals surface area contributed by atoms with Crippen LogP contribution in [0.4, 0.5) is 0 Å². The summed E-state index contributed by atoms with van der Waals surface area (Å²) in [7, 11) is 0. The third kappa shape index (κ3) is 5.76. The summed E-state index contributed by atoms with van der Waals surface area (Å²) in [6.07, 6.45) is -0.242. The van der Waals surface area contributed by atoms with Gasteiger partial charge in [0.25, 0.3) is 5.91 Å². The van der Waals surface area contributed by atoms with Gasteiger partial charge in [-0.25, -0.2) is 0 Å². The Bertz CT molecular complexity index is 702. The second-order valence-corrected chi connectivity index (χ2v) is 5.88. The smallest absolute Gasteiger partial charge is 0.305 e. The lowest BCUT2D eigenvalue weighted by atomic mass is 10.0. The minimum Gasteiger partial charge on any atom is -0.484 e. The summed E-state index contributed by atoms with van der Waals surface area (Å²) in [4.78, 5) is 23.1. The predicted molar refractivity (Wildman–Crippen MR) is 91.5 cm³/mol. The molecular weight excluding hydrogens is 353 g/mol. The highest BCUT2D eigenvalue weighted by Crippen LogP contribution is 2.20. The van der Waals surface area contributed by atoms with Crippen LogP contribution in [0, 0.1) is 0 Å². The van der Waals surface area contributed by atoms with Crippen LogP contribution >= 0.6 is 23.2 Å². The fourth-order valence-electron chi connectivity index (χ4n) is 2.04. The van der Waals surface area contributed by atoms with Gasteiger partial charge in [-0.05, 0) is 42.0 Å². The summed E-state index contributed by atoms with van der Waals surface area (Å²) in [5.41, 5.74) is 0.654. The Balaban J connectivity index is 1.97. The van der Waals surface area contributed by atoms with E-state index in [9.17, 15) is 9.59 Å². The molecular formula is C17H15Cl2NO4. The van der Waals surface area contributed by atoms with Crippen LogP contribution in [-0.4, -0.2) is 23.6 Å².